The molecule has 1 aromatic heterocycles. The molecule has 0 atom stereocenters. The Morgan fingerprint density at radius 1 is 1.45 bits per heavy atom. The van der Waals surface area contributed by atoms with Gasteiger partial charge < -0.3 is 10.5 Å². The minimum atomic E-state index is -0.0469. The summed E-state index contributed by atoms with van der Waals surface area (Å²) in [6, 6.07) is 1.77. The van der Waals surface area contributed by atoms with Crippen molar-refractivity contribution in [2.24, 2.45) is 0 Å². The van der Waals surface area contributed by atoms with Crippen LogP contribution in [0.5, 0.6) is 6.01 Å². The van der Waals surface area contributed by atoms with Crippen molar-refractivity contribution in [2.75, 3.05) is 12.8 Å². The van der Waals surface area contributed by atoms with Crippen LogP contribution in [0.25, 0.3) is 0 Å². The summed E-state index contributed by atoms with van der Waals surface area (Å²) in [5.41, 5.74) is 5.22. The fourth-order valence-electron chi connectivity index (χ4n) is 0.513. The van der Waals surface area contributed by atoms with Gasteiger partial charge in [0.25, 0.3) is 0 Å². The van der Waals surface area contributed by atoms with E-state index in [0.29, 0.717) is 0 Å². The molecule has 2 N–H and O–H groups in total. The van der Waals surface area contributed by atoms with E-state index in [4.69, 9.17) is 11.0 Å². The fourth-order valence-corrected chi connectivity index (χ4v) is 0.513. The lowest BCUT2D eigenvalue weighted by atomic mass is 10.7. The van der Waals surface area contributed by atoms with Gasteiger partial charge in [-0.05, 0) is 0 Å². The first-order chi connectivity index (χ1) is 5.26. The first-order valence-electron chi connectivity index (χ1n) is 2.72. The van der Waals surface area contributed by atoms with Gasteiger partial charge in [0.05, 0.1) is 7.11 Å². The number of rotatable bonds is 1. The molecule has 6 heteroatoms. The molecule has 0 saturated carbocycles. The van der Waals surface area contributed by atoms with Crippen LogP contribution in [-0.2, 0) is 0 Å². The lowest BCUT2D eigenvalue weighted by molar-refractivity contribution is 0.378. The smallest absolute Gasteiger partial charge is 0.322 e. The van der Waals surface area contributed by atoms with Crippen molar-refractivity contribution in [3.05, 3.63) is 5.82 Å². The molecule has 0 aliphatic carbocycles. The fraction of sp³-hybridized carbons (Fsp3) is 0.200. The van der Waals surface area contributed by atoms with Crippen molar-refractivity contribution in [1.82, 2.24) is 15.0 Å². The Hall–Kier alpha value is -1.90. The highest BCUT2D eigenvalue weighted by molar-refractivity contribution is 5.23. The summed E-state index contributed by atoms with van der Waals surface area (Å²) < 4.78 is 4.64. The highest BCUT2D eigenvalue weighted by Crippen LogP contribution is 2.02. The van der Waals surface area contributed by atoms with E-state index in [1.54, 1.807) is 6.07 Å². The minimum Gasteiger partial charge on any atom is -0.467 e. The molecule has 0 unspecified atom stereocenters. The van der Waals surface area contributed by atoms with Crippen molar-refractivity contribution in [3.8, 4) is 12.1 Å². The Morgan fingerprint density at radius 3 is 2.73 bits per heavy atom. The Morgan fingerprint density at radius 2 is 2.18 bits per heavy atom. The van der Waals surface area contributed by atoms with E-state index in [0.717, 1.165) is 0 Å². The normalized spacial score (nSPS) is 8.73. The SMILES string of the molecule is COc1nc(N)nc(C#N)n1. The van der Waals surface area contributed by atoms with Crippen molar-refractivity contribution in [2.45, 2.75) is 0 Å². The van der Waals surface area contributed by atoms with E-state index >= 15 is 0 Å². The molecular formula is C5H5N5O. The monoisotopic (exact) mass is 151 g/mol. The first-order valence-corrected chi connectivity index (χ1v) is 2.72. The van der Waals surface area contributed by atoms with Crippen LogP contribution in [0.1, 0.15) is 5.82 Å². The van der Waals surface area contributed by atoms with E-state index in [2.05, 4.69) is 19.7 Å². The summed E-state index contributed by atoms with van der Waals surface area (Å²) in [6.45, 7) is 0. The van der Waals surface area contributed by atoms with Crippen molar-refractivity contribution >= 4 is 5.95 Å². The molecule has 0 fully saturated rings. The number of nitrogens with two attached hydrogens (primary N) is 1. The number of nitriles is 1. The van der Waals surface area contributed by atoms with Gasteiger partial charge in [-0.1, -0.05) is 0 Å². The maximum atomic E-state index is 8.37. The Bertz CT molecular complexity index is 304. The van der Waals surface area contributed by atoms with Crippen LogP contribution >= 0.6 is 0 Å². The topological polar surface area (TPSA) is 97.7 Å². The van der Waals surface area contributed by atoms with Crippen LogP contribution in [-0.4, -0.2) is 22.1 Å². The summed E-state index contributed by atoms with van der Waals surface area (Å²) in [6.07, 6.45) is 0. The number of aromatic nitrogens is 3. The zero-order valence-electron chi connectivity index (χ0n) is 5.77. The predicted octanol–water partition coefficient (Wildman–Crippen LogP) is -0.666. The van der Waals surface area contributed by atoms with Gasteiger partial charge in [-0.15, -0.1) is 0 Å². The molecule has 0 radical (unpaired) electrons. The Balaban J connectivity index is 3.15. The van der Waals surface area contributed by atoms with Crippen LogP contribution in [0.15, 0.2) is 0 Å². The average Bonchev–Trinajstić information content (AvgIpc) is 2.03. The first kappa shape index (κ1) is 7.21. The maximum Gasteiger partial charge on any atom is 0.322 e. The molecule has 0 spiro atoms. The van der Waals surface area contributed by atoms with Crippen LogP contribution in [0, 0.1) is 11.3 Å². The van der Waals surface area contributed by atoms with Gasteiger partial charge in [0.15, 0.2) is 0 Å². The molecule has 0 aliphatic heterocycles. The van der Waals surface area contributed by atoms with Crippen molar-refractivity contribution in [1.29, 1.82) is 5.26 Å². The summed E-state index contributed by atoms with van der Waals surface area (Å²) in [5, 5.41) is 8.37. The lowest BCUT2D eigenvalue weighted by Crippen LogP contribution is -2.02. The number of nitrogen functional groups attached to an aromatic ring is 1. The lowest BCUT2D eigenvalue weighted by Gasteiger charge is -1.96. The second kappa shape index (κ2) is 2.79. The predicted molar refractivity (Wildman–Crippen MR) is 35.5 cm³/mol. The summed E-state index contributed by atoms with van der Waals surface area (Å²) in [4.78, 5) is 10.7. The number of hydrogen-bond acceptors (Lipinski definition) is 6. The molecule has 1 aromatic rings. The van der Waals surface area contributed by atoms with Crippen LogP contribution < -0.4 is 10.5 Å². The average molecular weight is 151 g/mol. The van der Waals surface area contributed by atoms with E-state index in [1.807, 2.05) is 0 Å². The molecule has 6 nitrogen and oxygen atoms in total. The zero-order valence-corrected chi connectivity index (χ0v) is 5.77. The number of hydrogen-bond donors (Lipinski definition) is 1. The molecule has 0 saturated heterocycles. The third kappa shape index (κ3) is 1.52. The number of nitrogens with zero attached hydrogens (tertiary/aromatic N) is 4. The summed E-state index contributed by atoms with van der Waals surface area (Å²) in [7, 11) is 1.38. The van der Waals surface area contributed by atoms with E-state index < -0.39 is 0 Å². The maximum absolute atomic E-state index is 8.37. The molecule has 0 bridgehead atoms. The molecule has 0 aromatic carbocycles. The van der Waals surface area contributed by atoms with Gasteiger partial charge in [-0.3, -0.25) is 0 Å². The zero-order chi connectivity index (χ0) is 8.27. The highest BCUT2D eigenvalue weighted by atomic mass is 16.5. The van der Waals surface area contributed by atoms with E-state index in [1.165, 1.54) is 7.11 Å². The van der Waals surface area contributed by atoms with Crippen LogP contribution in [0.3, 0.4) is 0 Å². The highest BCUT2D eigenvalue weighted by Gasteiger charge is 2.01. The quantitative estimate of drug-likeness (QED) is 0.571. The molecule has 1 rings (SSSR count). The molecular weight excluding hydrogens is 146 g/mol. The van der Waals surface area contributed by atoms with Crippen LogP contribution in [0.4, 0.5) is 5.95 Å². The minimum absolute atomic E-state index is 0.0200. The second-order valence-corrected chi connectivity index (χ2v) is 1.62. The number of ether oxygens (including phenoxy) is 1. The van der Waals surface area contributed by atoms with Gasteiger partial charge in [-0.2, -0.15) is 20.2 Å². The molecule has 11 heavy (non-hydrogen) atoms. The van der Waals surface area contributed by atoms with Gasteiger partial charge in [0, 0.05) is 0 Å². The molecule has 56 valence electrons. The van der Waals surface area contributed by atoms with Gasteiger partial charge >= 0.3 is 6.01 Å². The largest absolute Gasteiger partial charge is 0.467 e. The third-order valence-corrected chi connectivity index (χ3v) is 0.915. The van der Waals surface area contributed by atoms with Gasteiger partial charge in [-0.25, -0.2) is 0 Å². The molecule has 1 heterocycles. The Labute approximate surface area is 62.7 Å². The van der Waals surface area contributed by atoms with Crippen molar-refractivity contribution in [3.63, 3.8) is 0 Å². The van der Waals surface area contributed by atoms with Crippen LogP contribution in [0.2, 0.25) is 0 Å². The van der Waals surface area contributed by atoms with E-state index in [9.17, 15) is 0 Å². The summed E-state index contributed by atoms with van der Waals surface area (Å²) >= 11 is 0. The summed E-state index contributed by atoms with van der Waals surface area (Å²) in [5.74, 6) is -0.0669. The van der Waals surface area contributed by atoms with E-state index in [-0.39, 0.29) is 17.8 Å². The van der Waals surface area contributed by atoms with Crippen molar-refractivity contribution < 1.29 is 4.74 Å². The third-order valence-electron chi connectivity index (χ3n) is 0.915. The standard InChI is InChI=1S/C5H5N5O/c1-11-5-9-3(2-6)8-4(7)10-5/h1H3,(H2,7,8,9,10). The number of anilines is 1. The van der Waals surface area contributed by atoms with Gasteiger partial charge in [0.1, 0.15) is 6.07 Å². The molecule has 0 amide bonds. The molecule has 0 aliphatic rings. The second-order valence-electron chi connectivity index (χ2n) is 1.62. The number of methoxy groups -OCH3 is 1. The van der Waals surface area contributed by atoms with Gasteiger partial charge in [0.2, 0.25) is 11.8 Å². The Kier molecular flexibility index (Phi) is 1.83.